The molecule has 0 radical (unpaired) electrons. The van der Waals surface area contributed by atoms with Crippen LogP contribution in [0.15, 0.2) is 66.9 Å². The smallest absolute Gasteiger partial charge is 0.331 e. The summed E-state index contributed by atoms with van der Waals surface area (Å²) in [4.78, 5) is 28.5. The number of esters is 1. The molecule has 0 saturated heterocycles. The lowest BCUT2D eigenvalue weighted by Crippen LogP contribution is -2.12. The molecule has 0 aliphatic heterocycles. The molecule has 0 amide bonds. The molecular weight excluding hydrogens is 350 g/mol. The van der Waals surface area contributed by atoms with Crippen LogP contribution in [0.3, 0.4) is 0 Å². The number of aryl methyl sites for hydroxylation is 1. The molecule has 0 spiro atoms. The second-order valence-corrected chi connectivity index (χ2v) is 6.59. The highest BCUT2D eigenvalue weighted by Crippen LogP contribution is 2.17. The molecule has 0 saturated carbocycles. The monoisotopic (exact) mass is 373 g/mol. The zero-order valence-corrected chi connectivity index (χ0v) is 15.9. The van der Waals surface area contributed by atoms with Gasteiger partial charge in [-0.3, -0.25) is 9.78 Å². The number of pyridine rings is 1. The molecule has 142 valence electrons. The number of Topliss-reactive ketones (excluding diaryl/α,β-unsaturated/α-hetero) is 1. The maximum Gasteiger partial charge on any atom is 0.331 e. The van der Waals surface area contributed by atoms with Crippen LogP contribution in [0.1, 0.15) is 41.3 Å². The van der Waals surface area contributed by atoms with Crippen molar-refractivity contribution in [3.63, 3.8) is 0 Å². The van der Waals surface area contributed by atoms with Crippen molar-refractivity contribution in [1.29, 1.82) is 0 Å². The van der Waals surface area contributed by atoms with Gasteiger partial charge in [0.05, 0.1) is 5.52 Å². The lowest BCUT2D eigenvalue weighted by molar-refractivity contribution is -0.136. The van der Waals surface area contributed by atoms with Crippen molar-refractivity contribution in [1.82, 2.24) is 4.98 Å². The average Bonchev–Trinajstić information content (AvgIpc) is 2.74. The maximum atomic E-state index is 12.2. The van der Waals surface area contributed by atoms with E-state index in [1.54, 1.807) is 24.4 Å². The number of aromatic nitrogens is 1. The molecule has 0 aliphatic carbocycles. The van der Waals surface area contributed by atoms with Crippen LogP contribution in [0.2, 0.25) is 0 Å². The SMILES string of the molecule is CCCCc1ccc(C(=O)COC(=O)/C=C/c2cccc3cccnc23)cc1. The Balaban J connectivity index is 1.56. The van der Waals surface area contributed by atoms with Crippen LogP contribution in [0.5, 0.6) is 0 Å². The number of ketones is 1. The van der Waals surface area contributed by atoms with Crippen molar-refractivity contribution in [2.45, 2.75) is 26.2 Å². The Morgan fingerprint density at radius 2 is 1.82 bits per heavy atom. The maximum absolute atomic E-state index is 12.2. The summed E-state index contributed by atoms with van der Waals surface area (Å²) in [5.74, 6) is -0.767. The average molecular weight is 373 g/mol. The highest BCUT2D eigenvalue weighted by Gasteiger charge is 2.09. The number of carbonyl (C=O) groups excluding carboxylic acids is 2. The minimum atomic E-state index is -0.555. The summed E-state index contributed by atoms with van der Waals surface area (Å²) in [5.41, 5.74) is 3.40. The van der Waals surface area contributed by atoms with E-state index in [2.05, 4.69) is 11.9 Å². The van der Waals surface area contributed by atoms with Gasteiger partial charge in [0.1, 0.15) is 0 Å². The zero-order chi connectivity index (χ0) is 19.8. The number of hydrogen-bond acceptors (Lipinski definition) is 4. The van der Waals surface area contributed by atoms with Crippen LogP contribution in [-0.4, -0.2) is 23.3 Å². The van der Waals surface area contributed by atoms with E-state index in [-0.39, 0.29) is 12.4 Å². The topological polar surface area (TPSA) is 56.3 Å². The molecule has 1 heterocycles. The van der Waals surface area contributed by atoms with E-state index in [0.29, 0.717) is 5.56 Å². The Morgan fingerprint density at radius 3 is 2.61 bits per heavy atom. The van der Waals surface area contributed by atoms with Gasteiger partial charge in [-0.05, 0) is 30.5 Å². The van der Waals surface area contributed by atoms with Gasteiger partial charge >= 0.3 is 5.97 Å². The molecule has 2 aromatic carbocycles. The molecule has 0 fully saturated rings. The van der Waals surface area contributed by atoms with Gasteiger partial charge in [-0.15, -0.1) is 0 Å². The molecule has 3 rings (SSSR count). The second-order valence-electron chi connectivity index (χ2n) is 6.59. The lowest BCUT2D eigenvalue weighted by Gasteiger charge is -2.04. The van der Waals surface area contributed by atoms with Crippen molar-refractivity contribution >= 4 is 28.7 Å². The van der Waals surface area contributed by atoms with Crippen molar-refractivity contribution in [3.05, 3.63) is 83.6 Å². The Kier molecular flexibility index (Phi) is 6.68. The van der Waals surface area contributed by atoms with Crippen LogP contribution in [0.25, 0.3) is 17.0 Å². The number of rotatable bonds is 8. The van der Waals surface area contributed by atoms with E-state index < -0.39 is 5.97 Å². The minimum Gasteiger partial charge on any atom is -0.454 e. The number of unbranched alkanes of at least 4 members (excludes halogenated alkanes) is 1. The van der Waals surface area contributed by atoms with E-state index in [1.165, 1.54) is 11.6 Å². The summed E-state index contributed by atoms with van der Waals surface area (Å²) in [6.45, 7) is 1.88. The number of ether oxygens (including phenoxy) is 1. The number of hydrogen-bond donors (Lipinski definition) is 0. The van der Waals surface area contributed by atoms with E-state index in [1.807, 2.05) is 42.5 Å². The van der Waals surface area contributed by atoms with Crippen molar-refractivity contribution in [2.75, 3.05) is 6.61 Å². The first-order valence-corrected chi connectivity index (χ1v) is 9.48. The van der Waals surface area contributed by atoms with Gasteiger partial charge in [-0.1, -0.05) is 61.9 Å². The predicted molar refractivity (Wildman–Crippen MR) is 111 cm³/mol. The fourth-order valence-corrected chi connectivity index (χ4v) is 2.93. The predicted octanol–water partition coefficient (Wildman–Crippen LogP) is 5.02. The largest absolute Gasteiger partial charge is 0.454 e. The summed E-state index contributed by atoms with van der Waals surface area (Å²) in [7, 11) is 0. The third kappa shape index (κ3) is 5.13. The summed E-state index contributed by atoms with van der Waals surface area (Å²) in [6, 6.07) is 17.1. The fraction of sp³-hybridized carbons (Fsp3) is 0.208. The van der Waals surface area contributed by atoms with E-state index in [4.69, 9.17) is 4.74 Å². The van der Waals surface area contributed by atoms with Crippen LogP contribution in [0.4, 0.5) is 0 Å². The highest BCUT2D eigenvalue weighted by molar-refractivity contribution is 5.99. The fourth-order valence-electron chi connectivity index (χ4n) is 2.93. The Hall–Kier alpha value is -3.27. The van der Waals surface area contributed by atoms with Gasteiger partial charge in [0.25, 0.3) is 0 Å². The molecule has 4 heteroatoms. The summed E-state index contributed by atoms with van der Waals surface area (Å²) >= 11 is 0. The van der Waals surface area contributed by atoms with Crippen LogP contribution in [0, 0.1) is 0 Å². The van der Waals surface area contributed by atoms with Gasteiger partial charge in [-0.25, -0.2) is 4.79 Å². The number of para-hydroxylation sites is 1. The number of fused-ring (bicyclic) bond motifs is 1. The van der Waals surface area contributed by atoms with Gasteiger partial charge in [-0.2, -0.15) is 0 Å². The molecular formula is C24H23NO3. The third-order valence-corrected chi connectivity index (χ3v) is 4.50. The minimum absolute atomic E-state index is 0.212. The van der Waals surface area contributed by atoms with Gasteiger partial charge < -0.3 is 4.74 Å². The first-order valence-electron chi connectivity index (χ1n) is 9.48. The standard InChI is InChI=1S/C24H23NO3/c1-2-3-6-18-10-12-19(13-11-18)22(26)17-28-23(27)15-14-21-8-4-7-20-9-5-16-25-24(20)21/h4-5,7-16H,2-3,6,17H2,1H3/b15-14+. The van der Waals surface area contributed by atoms with Crippen LogP contribution < -0.4 is 0 Å². The molecule has 0 aliphatic rings. The van der Waals surface area contributed by atoms with E-state index >= 15 is 0 Å². The van der Waals surface area contributed by atoms with E-state index in [9.17, 15) is 9.59 Å². The van der Waals surface area contributed by atoms with Gasteiger partial charge in [0.15, 0.2) is 12.4 Å². The summed E-state index contributed by atoms with van der Waals surface area (Å²) in [6.07, 6.45) is 7.97. The zero-order valence-electron chi connectivity index (χ0n) is 15.9. The highest BCUT2D eigenvalue weighted by atomic mass is 16.5. The molecule has 1 aromatic heterocycles. The second kappa shape index (κ2) is 9.60. The van der Waals surface area contributed by atoms with Crippen LogP contribution >= 0.6 is 0 Å². The van der Waals surface area contributed by atoms with E-state index in [0.717, 1.165) is 35.7 Å². The number of carbonyl (C=O) groups is 2. The van der Waals surface area contributed by atoms with Crippen LogP contribution in [-0.2, 0) is 16.0 Å². The Bertz CT molecular complexity index is 985. The first kappa shape index (κ1) is 19.5. The molecule has 0 unspecified atom stereocenters. The van der Waals surface area contributed by atoms with Crippen molar-refractivity contribution in [2.24, 2.45) is 0 Å². The Morgan fingerprint density at radius 1 is 1.04 bits per heavy atom. The molecule has 0 N–H and O–H groups in total. The third-order valence-electron chi connectivity index (χ3n) is 4.50. The first-order chi connectivity index (χ1) is 13.7. The van der Waals surface area contributed by atoms with Crippen molar-refractivity contribution in [3.8, 4) is 0 Å². The molecule has 0 bridgehead atoms. The molecule has 28 heavy (non-hydrogen) atoms. The molecule has 3 aromatic rings. The molecule has 0 atom stereocenters. The number of benzene rings is 2. The van der Waals surface area contributed by atoms with Gasteiger partial charge in [0.2, 0.25) is 0 Å². The number of nitrogens with zero attached hydrogens (tertiary/aromatic N) is 1. The van der Waals surface area contributed by atoms with Crippen molar-refractivity contribution < 1.29 is 14.3 Å². The van der Waals surface area contributed by atoms with Gasteiger partial charge in [0, 0.05) is 28.8 Å². The summed E-state index contributed by atoms with van der Waals surface area (Å²) < 4.78 is 5.09. The molecule has 4 nitrogen and oxygen atoms in total. The normalized spacial score (nSPS) is 11.0. The quantitative estimate of drug-likeness (QED) is 0.316. The summed E-state index contributed by atoms with van der Waals surface area (Å²) in [5, 5.41) is 0.996. The Labute approximate surface area is 164 Å². The lowest BCUT2D eigenvalue weighted by atomic mass is 10.0.